The number of nitrogens with one attached hydrogen (secondary N) is 3. The fourth-order valence-electron chi connectivity index (χ4n) is 2.92. The summed E-state index contributed by atoms with van der Waals surface area (Å²) in [7, 11) is 0. The fraction of sp³-hybridized carbons (Fsp3) is 0.286. The average molecular weight is 439 g/mol. The average Bonchev–Trinajstić information content (AvgIpc) is 3.48. The van der Waals surface area contributed by atoms with Crippen molar-refractivity contribution in [2.45, 2.75) is 32.6 Å². The molecule has 0 spiro atoms. The van der Waals surface area contributed by atoms with Crippen LogP contribution >= 0.6 is 15.9 Å². The Labute approximate surface area is 173 Å². The number of hydrogen-bond donors (Lipinski definition) is 3. The van der Waals surface area contributed by atoms with Gasteiger partial charge in [0.05, 0.1) is 0 Å². The Kier molecular flexibility index (Phi) is 5.17. The second kappa shape index (κ2) is 7.75. The van der Waals surface area contributed by atoms with Gasteiger partial charge in [0.1, 0.15) is 11.6 Å². The molecule has 1 aromatic heterocycles. The van der Waals surface area contributed by atoms with E-state index >= 15 is 0 Å². The summed E-state index contributed by atoms with van der Waals surface area (Å²) in [5, 5.41) is 9.81. The zero-order valence-corrected chi connectivity index (χ0v) is 17.5. The highest BCUT2D eigenvalue weighted by Crippen LogP contribution is 2.38. The molecule has 1 aromatic carbocycles. The van der Waals surface area contributed by atoms with Crippen LogP contribution in [0.1, 0.15) is 38.4 Å². The van der Waals surface area contributed by atoms with Crippen molar-refractivity contribution in [2.24, 2.45) is 5.92 Å². The standard InChI is InChI=1S/C21H23BrN6/c1-12(2)19-26-20(24-17-8-6-16(22)7-9-17)28-21(27-19)25-18-11-15(14-4-5-14)10-13(3)23-18/h6-12,14,23H,3-5H2,1-2H3,(H2,24,25,26,27,28). The first-order valence-electron chi connectivity index (χ1n) is 9.41. The van der Waals surface area contributed by atoms with Crippen LogP contribution in [0.5, 0.6) is 0 Å². The van der Waals surface area contributed by atoms with E-state index in [-0.39, 0.29) is 5.92 Å². The highest BCUT2D eigenvalue weighted by Gasteiger charge is 2.26. The summed E-state index contributed by atoms with van der Waals surface area (Å²) in [6.45, 7) is 8.19. The first kappa shape index (κ1) is 18.7. The van der Waals surface area contributed by atoms with Crippen LogP contribution in [0.4, 0.5) is 17.6 Å². The lowest BCUT2D eigenvalue weighted by Crippen LogP contribution is -2.23. The summed E-state index contributed by atoms with van der Waals surface area (Å²) in [4.78, 5) is 13.7. The lowest BCUT2D eigenvalue weighted by atomic mass is 10.1. The van der Waals surface area contributed by atoms with Crippen molar-refractivity contribution in [3.05, 3.63) is 70.4 Å². The van der Waals surface area contributed by atoms with Crippen LogP contribution in [-0.4, -0.2) is 15.0 Å². The van der Waals surface area contributed by atoms with Crippen LogP contribution in [0.2, 0.25) is 0 Å². The van der Waals surface area contributed by atoms with Crippen LogP contribution in [0, 0.1) is 5.92 Å². The molecule has 0 saturated heterocycles. The third-order valence-electron chi connectivity index (χ3n) is 4.51. The summed E-state index contributed by atoms with van der Waals surface area (Å²) < 4.78 is 1.02. The zero-order valence-electron chi connectivity index (χ0n) is 16.0. The van der Waals surface area contributed by atoms with Gasteiger partial charge in [0.2, 0.25) is 11.9 Å². The molecule has 4 rings (SSSR count). The maximum absolute atomic E-state index is 4.58. The molecule has 2 aromatic rings. The largest absolute Gasteiger partial charge is 0.342 e. The Hall–Kier alpha value is -2.67. The summed E-state index contributed by atoms with van der Waals surface area (Å²) in [6.07, 6.45) is 6.71. The van der Waals surface area contributed by atoms with Gasteiger partial charge >= 0.3 is 0 Å². The van der Waals surface area contributed by atoms with E-state index in [1.54, 1.807) is 0 Å². The van der Waals surface area contributed by atoms with Crippen molar-refractivity contribution in [2.75, 3.05) is 10.6 Å². The van der Waals surface area contributed by atoms with Crippen molar-refractivity contribution in [1.82, 2.24) is 20.3 Å². The molecule has 7 heteroatoms. The number of halogens is 1. The van der Waals surface area contributed by atoms with Gasteiger partial charge in [-0.3, -0.25) is 0 Å². The van der Waals surface area contributed by atoms with E-state index in [9.17, 15) is 0 Å². The molecule has 6 nitrogen and oxygen atoms in total. The Morgan fingerprint density at radius 1 is 1.04 bits per heavy atom. The third-order valence-corrected chi connectivity index (χ3v) is 5.04. The molecule has 1 fully saturated rings. The van der Waals surface area contributed by atoms with Gasteiger partial charge in [0.25, 0.3) is 0 Å². The SMILES string of the molecule is C=C1C=C(C2CC2)C=C(Nc2nc(Nc3ccc(Br)cc3)nc(C(C)C)n2)N1. The van der Waals surface area contributed by atoms with Crippen molar-refractivity contribution in [3.63, 3.8) is 0 Å². The molecule has 0 radical (unpaired) electrons. The van der Waals surface area contributed by atoms with Crippen LogP contribution in [-0.2, 0) is 0 Å². The maximum atomic E-state index is 4.58. The second-order valence-electron chi connectivity index (χ2n) is 7.38. The molecular weight excluding hydrogens is 416 g/mol. The summed E-state index contributed by atoms with van der Waals surface area (Å²) in [6, 6.07) is 7.89. The van der Waals surface area contributed by atoms with Gasteiger partial charge in [0.15, 0.2) is 0 Å². The van der Waals surface area contributed by atoms with Crippen LogP contribution < -0.4 is 16.0 Å². The molecule has 0 amide bonds. The predicted octanol–water partition coefficient (Wildman–Crippen LogP) is 5.21. The molecule has 1 aliphatic heterocycles. The minimum atomic E-state index is 0.180. The van der Waals surface area contributed by atoms with Crippen LogP contribution in [0.25, 0.3) is 0 Å². The molecule has 28 heavy (non-hydrogen) atoms. The molecule has 0 unspecified atom stereocenters. The van der Waals surface area contributed by atoms with Gasteiger partial charge in [-0.25, -0.2) is 0 Å². The quantitative estimate of drug-likeness (QED) is 0.574. The van der Waals surface area contributed by atoms with Gasteiger partial charge in [-0.05, 0) is 60.8 Å². The number of benzene rings is 1. The second-order valence-corrected chi connectivity index (χ2v) is 8.29. The summed E-state index contributed by atoms with van der Waals surface area (Å²) in [5.74, 6) is 3.41. The molecule has 1 saturated carbocycles. The molecule has 3 N–H and O–H groups in total. The Bertz CT molecular complexity index is 957. The van der Waals surface area contributed by atoms with E-state index in [4.69, 9.17) is 0 Å². The lowest BCUT2D eigenvalue weighted by Gasteiger charge is -2.19. The lowest BCUT2D eigenvalue weighted by molar-refractivity contribution is 0.764. The van der Waals surface area contributed by atoms with E-state index in [2.05, 4.69) is 79.4 Å². The Morgan fingerprint density at radius 2 is 1.71 bits per heavy atom. The number of rotatable bonds is 6. The highest BCUT2D eigenvalue weighted by atomic mass is 79.9. The molecule has 1 aliphatic carbocycles. The molecule has 144 valence electrons. The van der Waals surface area contributed by atoms with E-state index in [0.717, 1.165) is 27.5 Å². The number of anilines is 3. The van der Waals surface area contributed by atoms with Gasteiger partial charge in [-0.2, -0.15) is 15.0 Å². The number of nitrogens with zero attached hydrogens (tertiary/aromatic N) is 3. The van der Waals surface area contributed by atoms with Crippen molar-refractivity contribution in [1.29, 1.82) is 0 Å². The molecule has 2 heterocycles. The van der Waals surface area contributed by atoms with Crippen LogP contribution in [0.3, 0.4) is 0 Å². The molecule has 0 atom stereocenters. The number of dihydropyridines is 1. The first-order valence-corrected chi connectivity index (χ1v) is 10.2. The molecule has 2 aliphatic rings. The summed E-state index contributed by atoms with van der Waals surface area (Å²) >= 11 is 3.45. The maximum Gasteiger partial charge on any atom is 0.233 e. The fourth-order valence-corrected chi connectivity index (χ4v) is 3.18. The Morgan fingerprint density at radius 3 is 2.36 bits per heavy atom. The van der Waals surface area contributed by atoms with Crippen molar-refractivity contribution >= 4 is 33.5 Å². The minimum absolute atomic E-state index is 0.180. The van der Waals surface area contributed by atoms with Gasteiger partial charge < -0.3 is 16.0 Å². The van der Waals surface area contributed by atoms with E-state index in [0.29, 0.717) is 17.8 Å². The van der Waals surface area contributed by atoms with E-state index < -0.39 is 0 Å². The topological polar surface area (TPSA) is 74.8 Å². The van der Waals surface area contributed by atoms with Crippen molar-refractivity contribution < 1.29 is 0 Å². The van der Waals surface area contributed by atoms with Crippen LogP contribution in [0.15, 0.2) is 64.6 Å². The zero-order chi connectivity index (χ0) is 19.7. The number of aromatic nitrogens is 3. The number of allylic oxidation sites excluding steroid dienone is 3. The van der Waals surface area contributed by atoms with Crippen molar-refractivity contribution in [3.8, 4) is 0 Å². The Balaban J connectivity index is 1.59. The van der Waals surface area contributed by atoms with Gasteiger partial charge in [0, 0.05) is 21.8 Å². The van der Waals surface area contributed by atoms with Gasteiger partial charge in [-0.15, -0.1) is 0 Å². The molecule has 0 bridgehead atoms. The van der Waals surface area contributed by atoms with E-state index in [1.807, 2.05) is 24.3 Å². The van der Waals surface area contributed by atoms with Gasteiger partial charge in [-0.1, -0.05) is 36.4 Å². The first-order chi connectivity index (χ1) is 13.5. The molecular formula is C21H23BrN6. The number of hydrogen-bond acceptors (Lipinski definition) is 6. The third kappa shape index (κ3) is 4.59. The van der Waals surface area contributed by atoms with E-state index in [1.165, 1.54) is 18.4 Å². The predicted molar refractivity (Wildman–Crippen MR) is 116 cm³/mol. The normalized spacial score (nSPS) is 16.4. The highest BCUT2D eigenvalue weighted by molar-refractivity contribution is 9.10. The summed E-state index contributed by atoms with van der Waals surface area (Å²) in [5.41, 5.74) is 3.09. The monoisotopic (exact) mass is 438 g/mol. The smallest absolute Gasteiger partial charge is 0.233 e. The minimum Gasteiger partial charge on any atom is -0.342 e.